The molecule has 1 nitrogen and oxygen atoms in total. The van der Waals surface area contributed by atoms with Gasteiger partial charge in [-0.05, 0) is 44.7 Å². The number of allylic oxidation sites excluding steroid dienone is 1. The van der Waals surface area contributed by atoms with Crippen LogP contribution in [0.4, 0.5) is 0 Å². The molecule has 0 amide bonds. The summed E-state index contributed by atoms with van der Waals surface area (Å²) in [6, 6.07) is 0. The molecule has 0 N–H and O–H groups in total. The molecular weight excluding hydrogens is 218 g/mol. The predicted molar refractivity (Wildman–Crippen MR) is 81.7 cm³/mol. The maximum Gasteiger partial charge on any atom is 0.0240 e. The van der Waals surface area contributed by atoms with Crippen LogP contribution in [0.25, 0.3) is 0 Å². The minimum Gasteiger partial charge on any atom is -0.303 e. The summed E-state index contributed by atoms with van der Waals surface area (Å²) in [5, 5.41) is 0. The lowest BCUT2D eigenvalue weighted by atomic mass is 9.43. The molecular formula is C17H33N. The molecule has 106 valence electrons. The van der Waals surface area contributed by atoms with Crippen LogP contribution in [0.5, 0.6) is 0 Å². The fourth-order valence-corrected chi connectivity index (χ4v) is 3.46. The summed E-state index contributed by atoms with van der Waals surface area (Å²) in [7, 11) is 4.39. The second kappa shape index (κ2) is 4.10. The van der Waals surface area contributed by atoms with E-state index in [1.807, 2.05) is 0 Å². The molecule has 1 aliphatic carbocycles. The highest BCUT2D eigenvalue weighted by molar-refractivity contribution is 5.23. The van der Waals surface area contributed by atoms with Gasteiger partial charge in [0.1, 0.15) is 0 Å². The smallest absolute Gasteiger partial charge is 0.0240 e. The fourth-order valence-electron chi connectivity index (χ4n) is 3.46. The predicted octanol–water partition coefficient (Wildman–Crippen LogP) is 4.59. The van der Waals surface area contributed by atoms with Crippen molar-refractivity contribution in [3.63, 3.8) is 0 Å². The van der Waals surface area contributed by atoms with Gasteiger partial charge in [-0.3, -0.25) is 0 Å². The minimum absolute atomic E-state index is 0.129. The minimum atomic E-state index is 0.129. The molecule has 1 heteroatoms. The zero-order valence-corrected chi connectivity index (χ0v) is 14.2. The van der Waals surface area contributed by atoms with Gasteiger partial charge in [-0.15, -0.1) is 0 Å². The third kappa shape index (κ3) is 1.70. The standard InChI is InChI=1S/C17H33N/c1-13-11-12-17(8,16(6,7)18(9)10)15(4,5)14(13,2)3/h11-13H,1-10H3. The van der Waals surface area contributed by atoms with Gasteiger partial charge >= 0.3 is 0 Å². The Labute approximate surface area is 115 Å². The molecule has 0 heterocycles. The fraction of sp³-hybridized carbons (Fsp3) is 0.882. The maximum absolute atomic E-state index is 2.48. The summed E-state index contributed by atoms with van der Waals surface area (Å²) in [6.07, 6.45) is 4.90. The Bertz CT molecular complexity index is 347. The van der Waals surface area contributed by atoms with Crippen LogP contribution in [0.1, 0.15) is 55.4 Å². The van der Waals surface area contributed by atoms with E-state index in [4.69, 9.17) is 0 Å². The first kappa shape index (κ1) is 15.8. The quantitative estimate of drug-likeness (QED) is 0.649. The Morgan fingerprint density at radius 1 is 1.00 bits per heavy atom. The summed E-state index contributed by atoms with van der Waals surface area (Å²) in [6.45, 7) is 19.2. The van der Waals surface area contributed by atoms with Crippen LogP contribution >= 0.6 is 0 Å². The Morgan fingerprint density at radius 3 is 1.83 bits per heavy atom. The van der Waals surface area contributed by atoms with Gasteiger partial charge in [-0.2, -0.15) is 0 Å². The number of hydrogen-bond acceptors (Lipinski definition) is 1. The molecule has 0 aromatic carbocycles. The lowest BCUT2D eigenvalue weighted by molar-refractivity contribution is -0.106. The highest BCUT2D eigenvalue weighted by Gasteiger charge is 2.59. The van der Waals surface area contributed by atoms with Crippen LogP contribution in [-0.4, -0.2) is 24.5 Å². The summed E-state index contributed by atoms with van der Waals surface area (Å²) >= 11 is 0. The monoisotopic (exact) mass is 251 g/mol. The molecule has 18 heavy (non-hydrogen) atoms. The van der Waals surface area contributed by atoms with E-state index in [2.05, 4.69) is 86.5 Å². The van der Waals surface area contributed by atoms with Gasteiger partial charge in [0.05, 0.1) is 0 Å². The van der Waals surface area contributed by atoms with Gasteiger partial charge in [0.25, 0.3) is 0 Å². The molecule has 2 unspecified atom stereocenters. The zero-order chi connectivity index (χ0) is 14.6. The summed E-state index contributed by atoms with van der Waals surface area (Å²) in [4.78, 5) is 2.37. The van der Waals surface area contributed by atoms with Crippen molar-refractivity contribution in [1.82, 2.24) is 4.90 Å². The van der Waals surface area contributed by atoms with Crippen molar-refractivity contribution in [3.8, 4) is 0 Å². The Morgan fingerprint density at radius 2 is 1.44 bits per heavy atom. The lowest BCUT2D eigenvalue weighted by Gasteiger charge is -2.64. The molecule has 0 aliphatic heterocycles. The molecule has 0 fully saturated rings. The summed E-state index contributed by atoms with van der Waals surface area (Å²) in [5.41, 5.74) is 0.815. The van der Waals surface area contributed by atoms with Crippen molar-refractivity contribution >= 4 is 0 Å². The molecule has 0 saturated carbocycles. The largest absolute Gasteiger partial charge is 0.303 e. The van der Waals surface area contributed by atoms with Crippen LogP contribution in [0.3, 0.4) is 0 Å². The van der Waals surface area contributed by atoms with Gasteiger partial charge in [0, 0.05) is 11.0 Å². The van der Waals surface area contributed by atoms with E-state index in [1.54, 1.807) is 0 Å². The van der Waals surface area contributed by atoms with Crippen molar-refractivity contribution in [3.05, 3.63) is 12.2 Å². The second-order valence-corrected chi connectivity index (χ2v) is 8.15. The van der Waals surface area contributed by atoms with E-state index in [9.17, 15) is 0 Å². The van der Waals surface area contributed by atoms with Crippen LogP contribution in [0, 0.1) is 22.2 Å². The van der Waals surface area contributed by atoms with Crippen molar-refractivity contribution in [2.45, 2.75) is 60.9 Å². The average molecular weight is 251 g/mol. The number of rotatable bonds is 2. The van der Waals surface area contributed by atoms with E-state index in [0.717, 1.165) is 0 Å². The second-order valence-electron chi connectivity index (χ2n) is 8.15. The van der Waals surface area contributed by atoms with E-state index < -0.39 is 0 Å². The first-order chi connectivity index (χ1) is 7.82. The molecule has 1 rings (SSSR count). The number of hydrogen-bond donors (Lipinski definition) is 0. The molecule has 0 spiro atoms. The molecule has 0 saturated heterocycles. The van der Waals surface area contributed by atoms with Gasteiger partial charge < -0.3 is 4.90 Å². The molecule has 1 aliphatic rings. The van der Waals surface area contributed by atoms with E-state index in [0.29, 0.717) is 11.3 Å². The van der Waals surface area contributed by atoms with Gasteiger partial charge in [-0.1, -0.05) is 53.7 Å². The van der Waals surface area contributed by atoms with Crippen molar-refractivity contribution < 1.29 is 0 Å². The van der Waals surface area contributed by atoms with E-state index >= 15 is 0 Å². The topological polar surface area (TPSA) is 3.24 Å². The number of nitrogens with zero attached hydrogens (tertiary/aromatic N) is 1. The molecule has 2 atom stereocenters. The normalized spacial score (nSPS) is 34.9. The van der Waals surface area contributed by atoms with E-state index in [1.165, 1.54) is 0 Å². The third-order valence-electron chi connectivity index (χ3n) is 7.15. The molecule has 0 aromatic heterocycles. The third-order valence-corrected chi connectivity index (χ3v) is 7.15. The van der Waals surface area contributed by atoms with Crippen LogP contribution < -0.4 is 0 Å². The SMILES string of the molecule is CC1C=CC(C)(C(C)(C)N(C)C)C(C)(C)C1(C)C. The zero-order valence-electron chi connectivity index (χ0n) is 14.2. The lowest BCUT2D eigenvalue weighted by Crippen LogP contribution is -2.63. The Balaban J connectivity index is 3.46. The van der Waals surface area contributed by atoms with Crippen LogP contribution in [0.15, 0.2) is 12.2 Å². The van der Waals surface area contributed by atoms with Crippen LogP contribution in [-0.2, 0) is 0 Å². The highest BCUT2D eigenvalue weighted by atomic mass is 15.2. The van der Waals surface area contributed by atoms with Crippen LogP contribution in [0.2, 0.25) is 0 Å². The Kier molecular flexibility index (Phi) is 3.59. The Hall–Kier alpha value is -0.300. The summed E-state index contributed by atoms with van der Waals surface area (Å²) < 4.78 is 0. The highest BCUT2D eigenvalue weighted by Crippen LogP contribution is 2.63. The molecule has 0 bridgehead atoms. The maximum atomic E-state index is 2.48. The van der Waals surface area contributed by atoms with Crippen molar-refractivity contribution in [1.29, 1.82) is 0 Å². The van der Waals surface area contributed by atoms with Crippen molar-refractivity contribution in [2.24, 2.45) is 22.2 Å². The first-order valence-corrected chi connectivity index (χ1v) is 7.19. The van der Waals surface area contributed by atoms with Gasteiger partial charge in [0.2, 0.25) is 0 Å². The summed E-state index contributed by atoms with van der Waals surface area (Å²) in [5.74, 6) is 0.624. The molecule has 0 radical (unpaired) electrons. The van der Waals surface area contributed by atoms with E-state index in [-0.39, 0.29) is 16.4 Å². The van der Waals surface area contributed by atoms with Gasteiger partial charge in [0.15, 0.2) is 0 Å². The van der Waals surface area contributed by atoms with Crippen molar-refractivity contribution in [2.75, 3.05) is 14.1 Å². The van der Waals surface area contributed by atoms with Gasteiger partial charge in [-0.25, -0.2) is 0 Å². The first-order valence-electron chi connectivity index (χ1n) is 7.19. The average Bonchev–Trinajstić information content (AvgIpc) is 2.22. The molecule has 0 aromatic rings.